The summed E-state index contributed by atoms with van der Waals surface area (Å²) in [6.07, 6.45) is -0.987. The number of carbonyl (C=O) groups excluding carboxylic acids is 1. The third kappa shape index (κ3) is 2.07. The van der Waals surface area contributed by atoms with E-state index >= 15 is 0 Å². The first-order valence-corrected chi connectivity index (χ1v) is 3.86. The van der Waals surface area contributed by atoms with Crippen LogP contribution in [0.1, 0.15) is 27.9 Å². The van der Waals surface area contributed by atoms with E-state index in [4.69, 9.17) is 5.26 Å². The van der Waals surface area contributed by atoms with Gasteiger partial charge in [0.05, 0.1) is 23.8 Å². The van der Waals surface area contributed by atoms with Crippen LogP contribution in [0.2, 0.25) is 0 Å². The Bertz CT molecular complexity index is 427. The van der Waals surface area contributed by atoms with Crippen molar-refractivity contribution in [1.29, 1.82) is 5.26 Å². The van der Waals surface area contributed by atoms with Gasteiger partial charge in [0.15, 0.2) is 0 Å². The first kappa shape index (κ1) is 11.0. The number of carbonyl (C=O) groups is 1. The number of nitriles is 1. The van der Waals surface area contributed by atoms with Crippen LogP contribution in [0.3, 0.4) is 0 Å². The summed E-state index contributed by atoms with van der Waals surface area (Å²) in [6, 6.07) is 1.55. The van der Waals surface area contributed by atoms with Gasteiger partial charge in [-0.2, -0.15) is 5.26 Å². The zero-order chi connectivity index (χ0) is 11.4. The summed E-state index contributed by atoms with van der Waals surface area (Å²) in [6.45, 7) is 0. The van der Waals surface area contributed by atoms with Crippen LogP contribution in [0.4, 0.5) is 8.78 Å². The van der Waals surface area contributed by atoms with Gasteiger partial charge in [-0.15, -0.1) is 0 Å². The van der Waals surface area contributed by atoms with E-state index in [2.05, 4.69) is 9.72 Å². The van der Waals surface area contributed by atoms with Gasteiger partial charge in [-0.3, -0.25) is 4.98 Å². The zero-order valence-electron chi connectivity index (χ0n) is 7.70. The average molecular weight is 212 g/mol. The molecule has 0 aromatic carbocycles. The SMILES string of the molecule is COC(=O)c1cncc(C#N)c1C(F)F. The Morgan fingerprint density at radius 1 is 1.60 bits per heavy atom. The molecule has 0 aliphatic carbocycles. The van der Waals surface area contributed by atoms with Gasteiger partial charge in [0, 0.05) is 12.4 Å². The summed E-state index contributed by atoms with van der Waals surface area (Å²) in [5.41, 5.74) is -1.35. The quantitative estimate of drug-likeness (QED) is 0.699. The summed E-state index contributed by atoms with van der Waals surface area (Å²) in [7, 11) is 1.07. The molecule has 0 saturated carbocycles. The van der Waals surface area contributed by atoms with Crippen molar-refractivity contribution in [2.24, 2.45) is 0 Å². The first-order valence-electron chi connectivity index (χ1n) is 3.86. The van der Waals surface area contributed by atoms with Crippen LogP contribution < -0.4 is 0 Å². The molecule has 0 fully saturated rings. The molecule has 0 unspecified atom stereocenters. The number of rotatable bonds is 2. The Morgan fingerprint density at radius 3 is 2.73 bits per heavy atom. The van der Waals surface area contributed by atoms with Gasteiger partial charge in [-0.05, 0) is 0 Å². The number of nitrogens with zero attached hydrogens (tertiary/aromatic N) is 2. The smallest absolute Gasteiger partial charge is 0.339 e. The van der Waals surface area contributed by atoms with Crippen molar-refractivity contribution in [2.45, 2.75) is 6.43 Å². The highest BCUT2D eigenvalue weighted by Crippen LogP contribution is 2.26. The second-order valence-corrected chi connectivity index (χ2v) is 2.55. The van der Waals surface area contributed by atoms with Crippen LogP contribution in [0.25, 0.3) is 0 Å². The Balaban J connectivity index is 3.40. The third-order valence-corrected chi connectivity index (χ3v) is 1.73. The van der Waals surface area contributed by atoms with Gasteiger partial charge in [0.2, 0.25) is 0 Å². The van der Waals surface area contributed by atoms with Crippen LogP contribution in [-0.4, -0.2) is 18.1 Å². The molecule has 0 radical (unpaired) electrons. The second kappa shape index (κ2) is 4.46. The lowest BCUT2D eigenvalue weighted by Crippen LogP contribution is -2.08. The van der Waals surface area contributed by atoms with E-state index < -0.39 is 18.0 Å². The fourth-order valence-electron chi connectivity index (χ4n) is 1.07. The molecular weight excluding hydrogens is 206 g/mol. The molecular formula is C9H6F2N2O2. The summed E-state index contributed by atoms with van der Waals surface area (Å²) < 4.78 is 29.5. The molecule has 0 amide bonds. The van der Waals surface area contributed by atoms with Gasteiger partial charge in [0.25, 0.3) is 6.43 Å². The highest BCUT2D eigenvalue weighted by Gasteiger charge is 2.23. The minimum atomic E-state index is -2.92. The predicted octanol–water partition coefficient (Wildman–Crippen LogP) is 1.68. The maximum Gasteiger partial charge on any atom is 0.339 e. The highest BCUT2D eigenvalue weighted by atomic mass is 19.3. The number of esters is 1. The van der Waals surface area contributed by atoms with Crippen molar-refractivity contribution in [3.05, 3.63) is 29.1 Å². The van der Waals surface area contributed by atoms with Crippen molar-refractivity contribution in [3.8, 4) is 6.07 Å². The van der Waals surface area contributed by atoms with Gasteiger partial charge >= 0.3 is 5.97 Å². The molecule has 0 bridgehead atoms. The van der Waals surface area contributed by atoms with Crippen LogP contribution in [0, 0.1) is 11.3 Å². The number of ether oxygens (including phenoxy) is 1. The Hall–Kier alpha value is -2.03. The molecule has 78 valence electrons. The highest BCUT2D eigenvalue weighted by molar-refractivity contribution is 5.91. The lowest BCUT2D eigenvalue weighted by Gasteiger charge is -2.07. The summed E-state index contributed by atoms with van der Waals surface area (Å²) in [5.74, 6) is -0.935. The molecule has 1 heterocycles. The fraction of sp³-hybridized carbons (Fsp3) is 0.222. The number of methoxy groups -OCH3 is 1. The van der Waals surface area contributed by atoms with Crippen molar-refractivity contribution in [2.75, 3.05) is 7.11 Å². The van der Waals surface area contributed by atoms with Gasteiger partial charge in [0.1, 0.15) is 6.07 Å². The lowest BCUT2D eigenvalue weighted by molar-refractivity contribution is 0.0588. The minimum Gasteiger partial charge on any atom is -0.465 e. The van der Waals surface area contributed by atoms with Crippen LogP contribution in [-0.2, 0) is 4.74 Å². The Labute approximate surface area is 84.1 Å². The number of hydrogen-bond acceptors (Lipinski definition) is 4. The van der Waals surface area contributed by atoms with E-state index in [0.717, 1.165) is 19.5 Å². The molecule has 0 aliphatic heterocycles. The number of hydrogen-bond donors (Lipinski definition) is 0. The normalized spacial score (nSPS) is 9.80. The van der Waals surface area contributed by atoms with Gasteiger partial charge < -0.3 is 4.74 Å². The molecule has 0 atom stereocenters. The zero-order valence-corrected chi connectivity index (χ0v) is 7.70. The van der Waals surface area contributed by atoms with E-state index in [9.17, 15) is 13.6 Å². The molecule has 0 aliphatic rings. The summed E-state index contributed by atoms with van der Waals surface area (Å²) in [4.78, 5) is 14.6. The van der Waals surface area contributed by atoms with Crippen molar-refractivity contribution < 1.29 is 18.3 Å². The molecule has 0 N–H and O–H groups in total. The molecule has 1 rings (SSSR count). The largest absolute Gasteiger partial charge is 0.465 e. The molecule has 15 heavy (non-hydrogen) atoms. The molecule has 0 saturated heterocycles. The van der Waals surface area contributed by atoms with E-state index in [1.165, 1.54) is 0 Å². The van der Waals surface area contributed by atoms with Crippen LogP contribution >= 0.6 is 0 Å². The lowest BCUT2D eigenvalue weighted by atomic mass is 10.1. The van der Waals surface area contributed by atoms with Gasteiger partial charge in [-0.25, -0.2) is 13.6 Å². The summed E-state index contributed by atoms with van der Waals surface area (Å²) >= 11 is 0. The maximum absolute atomic E-state index is 12.6. The number of alkyl halides is 2. The number of aromatic nitrogens is 1. The molecule has 1 aromatic rings. The van der Waals surface area contributed by atoms with E-state index in [-0.39, 0.29) is 11.1 Å². The topological polar surface area (TPSA) is 63.0 Å². The molecule has 0 spiro atoms. The monoisotopic (exact) mass is 212 g/mol. The van der Waals surface area contributed by atoms with Crippen molar-refractivity contribution >= 4 is 5.97 Å². The predicted molar refractivity (Wildman–Crippen MR) is 45.2 cm³/mol. The third-order valence-electron chi connectivity index (χ3n) is 1.73. The Morgan fingerprint density at radius 2 is 2.27 bits per heavy atom. The minimum absolute atomic E-state index is 0.326. The van der Waals surface area contributed by atoms with Crippen LogP contribution in [0.5, 0.6) is 0 Å². The molecule has 6 heteroatoms. The second-order valence-electron chi connectivity index (χ2n) is 2.55. The van der Waals surface area contributed by atoms with Gasteiger partial charge in [-0.1, -0.05) is 0 Å². The van der Waals surface area contributed by atoms with Crippen molar-refractivity contribution in [1.82, 2.24) is 4.98 Å². The first-order chi connectivity index (χ1) is 7.11. The molecule has 4 nitrogen and oxygen atoms in total. The number of pyridine rings is 1. The van der Waals surface area contributed by atoms with Crippen LogP contribution in [0.15, 0.2) is 12.4 Å². The average Bonchev–Trinajstić information content (AvgIpc) is 2.26. The Kier molecular flexibility index (Phi) is 3.29. The van der Waals surface area contributed by atoms with E-state index in [1.54, 1.807) is 6.07 Å². The number of halogens is 2. The molecule has 1 aromatic heterocycles. The van der Waals surface area contributed by atoms with Crippen molar-refractivity contribution in [3.63, 3.8) is 0 Å². The summed E-state index contributed by atoms with van der Waals surface area (Å²) in [5, 5.41) is 8.57. The standard InChI is InChI=1S/C9H6F2N2O2/c1-15-9(14)6-4-13-3-5(2-12)7(6)8(10)11/h3-4,8H,1H3. The maximum atomic E-state index is 12.6. The van der Waals surface area contributed by atoms with E-state index in [1.807, 2.05) is 0 Å². The van der Waals surface area contributed by atoms with E-state index in [0.29, 0.717) is 0 Å². The fourth-order valence-corrected chi connectivity index (χ4v) is 1.07.